The van der Waals surface area contributed by atoms with Gasteiger partial charge in [-0.25, -0.2) is 13.1 Å². The Morgan fingerprint density at radius 1 is 1.39 bits per heavy atom. The molecule has 0 fully saturated rings. The first-order valence-corrected chi connectivity index (χ1v) is 8.52. The molecule has 1 N–H and O–H groups in total. The number of carbonyl (C=O) groups is 1. The number of aryl methyl sites for hydroxylation is 2. The topological polar surface area (TPSA) is 98.5 Å². The Morgan fingerprint density at radius 3 is 2.74 bits per heavy atom. The molecule has 7 nitrogen and oxygen atoms in total. The molecular weight excluding hydrogens is 344 g/mol. The van der Waals surface area contributed by atoms with Crippen LogP contribution in [-0.4, -0.2) is 26.1 Å². The highest BCUT2D eigenvalue weighted by atomic mass is 35.5. The first-order chi connectivity index (χ1) is 10.8. The van der Waals surface area contributed by atoms with Crippen LogP contribution in [0.2, 0.25) is 5.02 Å². The fraction of sp³-hybridized carbons (Fsp3) is 0.286. The van der Waals surface area contributed by atoms with Gasteiger partial charge < -0.3 is 9.26 Å². The highest BCUT2D eigenvalue weighted by Gasteiger charge is 2.25. The van der Waals surface area contributed by atoms with Gasteiger partial charge in [-0.05, 0) is 32.0 Å². The van der Waals surface area contributed by atoms with Crippen LogP contribution in [-0.2, 0) is 14.8 Å². The fourth-order valence-corrected chi connectivity index (χ4v) is 3.45. The van der Waals surface area contributed by atoms with Gasteiger partial charge >= 0.3 is 0 Å². The van der Waals surface area contributed by atoms with Crippen LogP contribution in [0, 0.1) is 13.8 Å². The lowest BCUT2D eigenvalue weighted by molar-refractivity contribution is -0.119. The van der Waals surface area contributed by atoms with Gasteiger partial charge in [-0.2, -0.15) is 0 Å². The third-order valence-electron chi connectivity index (χ3n) is 2.88. The van der Waals surface area contributed by atoms with Gasteiger partial charge in [-0.1, -0.05) is 22.8 Å². The lowest BCUT2D eigenvalue weighted by Crippen LogP contribution is -2.32. The summed E-state index contributed by atoms with van der Waals surface area (Å²) in [5, 5.41) is 4.06. The first-order valence-electron chi connectivity index (χ1n) is 6.66. The van der Waals surface area contributed by atoms with Crippen LogP contribution < -0.4 is 9.46 Å². The molecule has 2 aromatic rings. The van der Waals surface area contributed by atoms with Crippen molar-refractivity contribution >= 4 is 27.5 Å². The highest BCUT2D eigenvalue weighted by molar-refractivity contribution is 7.90. The molecule has 0 aliphatic rings. The number of rotatable bonds is 6. The summed E-state index contributed by atoms with van der Waals surface area (Å²) in [7, 11) is -4.01. The third-order valence-corrected chi connectivity index (χ3v) is 4.73. The second-order valence-electron chi connectivity index (χ2n) is 4.74. The summed E-state index contributed by atoms with van der Waals surface area (Å²) in [6.45, 7) is 2.96. The van der Waals surface area contributed by atoms with Crippen molar-refractivity contribution in [3.63, 3.8) is 0 Å². The zero-order chi connectivity index (χ0) is 17.0. The number of carbonyl (C=O) groups excluding carboxylic acids is 1. The van der Waals surface area contributed by atoms with E-state index in [1.54, 1.807) is 24.3 Å². The van der Waals surface area contributed by atoms with Crippen molar-refractivity contribution in [2.75, 3.05) is 6.61 Å². The summed E-state index contributed by atoms with van der Waals surface area (Å²) in [6, 6.07) is 6.68. The van der Waals surface area contributed by atoms with E-state index in [0.29, 0.717) is 10.8 Å². The number of amides is 1. The number of benzene rings is 1. The average molecular weight is 359 g/mol. The summed E-state index contributed by atoms with van der Waals surface area (Å²) in [4.78, 5) is 11.7. The van der Waals surface area contributed by atoms with Crippen LogP contribution >= 0.6 is 11.6 Å². The van der Waals surface area contributed by atoms with Crippen LogP contribution in [0.4, 0.5) is 0 Å². The predicted octanol–water partition coefficient (Wildman–Crippen LogP) is 2.22. The number of sulfonamides is 1. The standard InChI is InChI=1S/C14H15ClN2O5S/c1-9-14(10(2)22-16-9)23(19,20)17-13(18)6-7-21-12-5-3-4-11(15)8-12/h3-5,8H,6-7H2,1-2H3,(H,17,18). The minimum absolute atomic E-state index is 0.0172. The molecule has 9 heteroatoms. The largest absolute Gasteiger partial charge is 0.493 e. The minimum atomic E-state index is -4.01. The van der Waals surface area contributed by atoms with Gasteiger partial charge in [0, 0.05) is 5.02 Å². The van der Waals surface area contributed by atoms with E-state index in [-0.39, 0.29) is 29.4 Å². The Hall–Kier alpha value is -2.06. The maximum Gasteiger partial charge on any atom is 0.269 e. The summed E-state index contributed by atoms with van der Waals surface area (Å²) >= 11 is 5.81. The second kappa shape index (κ2) is 7.01. The normalized spacial score (nSPS) is 11.3. The predicted molar refractivity (Wildman–Crippen MR) is 82.9 cm³/mol. The van der Waals surface area contributed by atoms with Gasteiger partial charge in [-0.3, -0.25) is 4.79 Å². The Bertz CT molecular complexity index is 797. The third kappa shape index (κ3) is 4.46. The van der Waals surface area contributed by atoms with Gasteiger partial charge in [0.1, 0.15) is 11.4 Å². The molecule has 1 aromatic carbocycles. The highest BCUT2D eigenvalue weighted by Crippen LogP contribution is 2.19. The maximum absolute atomic E-state index is 12.1. The molecule has 1 amide bonds. The summed E-state index contributed by atoms with van der Waals surface area (Å²) in [5.74, 6) is -0.0658. The van der Waals surface area contributed by atoms with Crippen LogP contribution in [0.5, 0.6) is 5.75 Å². The van der Waals surface area contributed by atoms with Gasteiger partial charge in [0.2, 0.25) is 5.91 Å². The van der Waals surface area contributed by atoms with Crippen molar-refractivity contribution in [3.05, 3.63) is 40.7 Å². The number of ether oxygens (including phenoxy) is 1. The van der Waals surface area contributed by atoms with E-state index in [9.17, 15) is 13.2 Å². The van der Waals surface area contributed by atoms with Crippen molar-refractivity contribution in [3.8, 4) is 5.75 Å². The Balaban J connectivity index is 1.92. The lowest BCUT2D eigenvalue weighted by Gasteiger charge is -2.08. The molecular formula is C14H15ClN2O5S. The zero-order valence-corrected chi connectivity index (χ0v) is 14.1. The van der Waals surface area contributed by atoms with Crippen molar-refractivity contribution in [1.29, 1.82) is 0 Å². The summed E-state index contributed by atoms with van der Waals surface area (Å²) in [6.07, 6.45) is -0.130. The Labute approximate surface area is 138 Å². The fourth-order valence-electron chi connectivity index (χ4n) is 1.93. The maximum atomic E-state index is 12.1. The molecule has 0 spiro atoms. The zero-order valence-electron chi connectivity index (χ0n) is 12.5. The molecule has 0 atom stereocenters. The van der Waals surface area contributed by atoms with Gasteiger partial charge in [0.15, 0.2) is 10.7 Å². The molecule has 0 bridgehead atoms. The van der Waals surface area contributed by atoms with E-state index in [1.165, 1.54) is 13.8 Å². The van der Waals surface area contributed by atoms with E-state index in [0.717, 1.165) is 0 Å². The number of aromatic nitrogens is 1. The monoisotopic (exact) mass is 358 g/mol. The van der Waals surface area contributed by atoms with Gasteiger partial charge in [0.25, 0.3) is 10.0 Å². The van der Waals surface area contributed by atoms with E-state index in [2.05, 4.69) is 5.16 Å². The van der Waals surface area contributed by atoms with Crippen molar-refractivity contribution in [1.82, 2.24) is 9.88 Å². The lowest BCUT2D eigenvalue weighted by atomic mass is 10.3. The van der Waals surface area contributed by atoms with Gasteiger partial charge in [0.05, 0.1) is 13.0 Å². The minimum Gasteiger partial charge on any atom is -0.493 e. The smallest absolute Gasteiger partial charge is 0.269 e. The van der Waals surface area contributed by atoms with Crippen molar-refractivity contribution in [2.45, 2.75) is 25.2 Å². The quantitative estimate of drug-likeness (QED) is 0.850. The van der Waals surface area contributed by atoms with E-state index in [4.69, 9.17) is 20.9 Å². The Kier molecular flexibility index (Phi) is 5.27. The van der Waals surface area contributed by atoms with Crippen LogP contribution in [0.15, 0.2) is 33.7 Å². The van der Waals surface area contributed by atoms with Crippen molar-refractivity contribution < 1.29 is 22.5 Å². The molecule has 0 aliphatic heterocycles. The average Bonchev–Trinajstić information content (AvgIpc) is 2.78. The van der Waals surface area contributed by atoms with E-state index < -0.39 is 15.9 Å². The molecule has 1 heterocycles. The molecule has 0 aliphatic carbocycles. The molecule has 0 unspecified atom stereocenters. The molecule has 124 valence electrons. The SMILES string of the molecule is Cc1noc(C)c1S(=O)(=O)NC(=O)CCOc1cccc(Cl)c1. The number of nitrogens with zero attached hydrogens (tertiary/aromatic N) is 1. The second-order valence-corrected chi connectivity index (χ2v) is 6.79. The van der Waals surface area contributed by atoms with E-state index in [1.807, 2.05) is 4.72 Å². The molecule has 2 rings (SSSR count). The molecule has 23 heavy (non-hydrogen) atoms. The van der Waals surface area contributed by atoms with Crippen LogP contribution in [0.1, 0.15) is 17.9 Å². The first kappa shape index (κ1) is 17.3. The van der Waals surface area contributed by atoms with Crippen LogP contribution in [0.3, 0.4) is 0 Å². The number of hydrogen-bond donors (Lipinski definition) is 1. The Morgan fingerprint density at radius 2 is 2.13 bits per heavy atom. The molecule has 0 radical (unpaired) electrons. The van der Waals surface area contributed by atoms with E-state index >= 15 is 0 Å². The molecule has 1 aromatic heterocycles. The number of hydrogen-bond acceptors (Lipinski definition) is 6. The van der Waals surface area contributed by atoms with Crippen LogP contribution in [0.25, 0.3) is 0 Å². The van der Waals surface area contributed by atoms with Gasteiger partial charge in [-0.15, -0.1) is 0 Å². The molecule has 0 saturated heterocycles. The summed E-state index contributed by atoms with van der Waals surface area (Å²) in [5.41, 5.74) is 0.193. The summed E-state index contributed by atoms with van der Waals surface area (Å²) < 4.78 is 36.4. The van der Waals surface area contributed by atoms with Crippen molar-refractivity contribution in [2.24, 2.45) is 0 Å². The number of halogens is 1. The number of nitrogens with one attached hydrogen (secondary N) is 1. The molecule has 0 saturated carbocycles.